The topological polar surface area (TPSA) is 101 Å². The van der Waals surface area contributed by atoms with Crippen LogP contribution in [0, 0.1) is 5.82 Å². The summed E-state index contributed by atoms with van der Waals surface area (Å²) in [5, 5.41) is 11.9. The molecule has 17 heteroatoms. The number of hydrogen-bond acceptors (Lipinski definition) is 5. The number of carbonyl (C=O) groups is 2. The van der Waals surface area contributed by atoms with Gasteiger partial charge in [0.2, 0.25) is 5.91 Å². The molecule has 2 aliphatic rings. The van der Waals surface area contributed by atoms with Crippen LogP contribution in [0.4, 0.5) is 35.1 Å². The third kappa shape index (κ3) is 7.48. The molecule has 52 heavy (non-hydrogen) atoms. The zero-order valence-corrected chi connectivity index (χ0v) is 27.3. The molecule has 8 nitrogen and oxygen atoms in total. The fraction of sp³-hybridized carbons (Fsp3) is 0.286. The van der Waals surface area contributed by atoms with E-state index >= 15 is 4.39 Å². The van der Waals surface area contributed by atoms with E-state index in [1.165, 1.54) is 42.5 Å². The van der Waals surface area contributed by atoms with Crippen LogP contribution in [0.5, 0.6) is 11.5 Å². The van der Waals surface area contributed by atoms with Crippen molar-refractivity contribution >= 4 is 23.5 Å². The molecule has 4 aromatic rings. The quantitative estimate of drug-likeness (QED) is 0.197. The fourth-order valence-corrected chi connectivity index (χ4v) is 6.60. The smallest absolute Gasteiger partial charge is 0.419 e. The van der Waals surface area contributed by atoms with E-state index in [0.29, 0.717) is 10.6 Å². The second kappa shape index (κ2) is 13.9. The highest BCUT2D eigenvalue weighted by molar-refractivity contribution is 6.33. The Kier molecular flexibility index (Phi) is 9.83. The minimum Gasteiger partial charge on any atom is -0.481 e. The van der Waals surface area contributed by atoms with Crippen molar-refractivity contribution in [3.05, 3.63) is 116 Å². The van der Waals surface area contributed by atoms with Gasteiger partial charge >= 0.3 is 18.3 Å². The molecule has 0 spiro atoms. The van der Waals surface area contributed by atoms with Crippen LogP contribution in [0.25, 0.3) is 11.1 Å². The number of fused-ring (bicyclic) bond motifs is 6. The summed E-state index contributed by atoms with van der Waals surface area (Å²) in [6, 6.07) is 7.14. The average molecular weight is 756 g/mol. The minimum atomic E-state index is -5.32. The number of ether oxygens (including phenoxy) is 1. The molecule has 274 valence electrons. The number of alkyl halides is 7. The molecule has 1 aromatic heterocycles. The predicted molar refractivity (Wildman–Crippen MR) is 170 cm³/mol. The molecule has 1 saturated heterocycles. The van der Waals surface area contributed by atoms with Gasteiger partial charge in [-0.05, 0) is 59.5 Å². The predicted octanol–water partition coefficient (Wildman–Crippen LogP) is 7.57. The van der Waals surface area contributed by atoms with Crippen molar-refractivity contribution in [2.75, 3.05) is 19.6 Å². The van der Waals surface area contributed by atoms with Crippen LogP contribution in [0.3, 0.4) is 0 Å². The van der Waals surface area contributed by atoms with Crippen molar-refractivity contribution in [2.45, 2.75) is 43.4 Å². The highest BCUT2D eigenvalue weighted by atomic mass is 35.5. The van der Waals surface area contributed by atoms with Gasteiger partial charge in [-0.25, -0.2) is 8.78 Å². The van der Waals surface area contributed by atoms with Gasteiger partial charge in [-0.3, -0.25) is 23.9 Å². The van der Waals surface area contributed by atoms with E-state index in [2.05, 4.69) is 5.32 Å². The van der Waals surface area contributed by atoms with Gasteiger partial charge in [-0.15, -0.1) is 0 Å². The molecule has 0 saturated carbocycles. The van der Waals surface area contributed by atoms with Gasteiger partial charge in [0.1, 0.15) is 29.5 Å². The Bertz CT molecular complexity index is 2110. The number of aliphatic carboxylic acids is 1. The lowest BCUT2D eigenvalue weighted by Gasteiger charge is -2.34. The Balaban J connectivity index is 1.58. The van der Waals surface area contributed by atoms with Crippen LogP contribution in [0.15, 0.2) is 71.7 Å². The van der Waals surface area contributed by atoms with E-state index in [4.69, 9.17) is 16.3 Å². The summed E-state index contributed by atoms with van der Waals surface area (Å²) in [5.41, 5.74) is -6.33. The van der Waals surface area contributed by atoms with Crippen LogP contribution < -0.4 is 15.6 Å². The molecule has 2 N–H and O–H groups in total. The average Bonchev–Trinajstić information content (AvgIpc) is 3.02. The Morgan fingerprint density at radius 2 is 1.65 bits per heavy atom. The number of halogens is 9. The third-order valence-corrected chi connectivity index (χ3v) is 9.06. The zero-order valence-electron chi connectivity index (χ0n) is 26.5. The highest BCUT2D eigenvalue weighted by Crippen LogP contribution is 2.44. The van der Waals surface area contributed by atoms with Gasteiger partial charge in [0, 0.05) is 43.0 Å². The number of hydrogen-bond donors (Lipinski definition) is 2. The second-order valence-electron chi connectivity index (χ2n) is 12.3. The first-order valence-electron chi connectivity index (χ1n) is 15.6. The molecular weight excluding hydrogens is 730 g/mol. The summed E-state index contributed by atoms with van der Waals surface area (Å²) in [6.45, 7) is -0.0421. The number of nitrogens with zero attached hydrogens (tertiary/aromatic N) is 2. The summed E-state index contributed by atoms with van der Waals surface area (Å²) in [4.78, 5) is 41.3. The van der Waals surface area contributed by atoms with Crippen LogP contribution >= 0.6 is 11.6 Å². The standard InChI is InChI=1S/C35H26ClF8N3O5/c36-25-5-2-6-27-30(25)19-10-22(31(38)24(11-19)35(42,43)44)26(13-29(49)50)45-33(51)32(17-3-1-4-21(9-17)52-27)47-14-18(7-8-46-15-20(37)16-46)23(12-28(47)48)34(39,40)41/h1-6,9-12,14,20,26,32H,7-8,13,15-16H2,(H,45,51)(H,49,50). The van der Waals surface area contributed by atoms with Crippen molar-refractivity contribution in [1.29, 1.82) is 0 Å². The van der Waals surface area contributed by atoms with Gasteiger partial charge in [0.05, 0.1) is 28.6 Å². The van der Waals surface area contributed by atoms with E-state index < -0.39 is 82.5 Å². The molecule has 4 bridgehead atoms. The number of carboxylic acid groups (broad SMARTS) is 1. The molecule has 2 unspecified atom stereocenters. The summed E-state index contributed by atoms with van der Waals surface area (Å²) in [6.07, 6.45) is -12.1. The van der Waals surface area contributed by atoms with E-state index in [1.807, 2.05) is 0 Å². The van der Waals surface area contributed by atoms with Gasteiger partial charge in [0.15, 0.2) is 0 Å². The highest BCUT2D eigenvalue weighted by Gasteiger charge is 2.40. The summed E-state index contributed by atoms with van der Waals surface area (Å²) in [5.74, 6) is -5.01. The lowest BCUT2D eigenvalue weighted by Crippen LogP contribution is -2.49. The SMILES string of the molecule is O=C(O)CC1NC(=O)C(n2cc(CCN3CC(F)C3)c(C(F)(F)F)cc2=O)c2cccc(c2)Oc2cccc(Cl)c2-c2cc1c(F)c(C(F)(F)F)c2. The third-order valence-electron chi connectivity index (χ3n) is 8.75. The number of aromatic nitrogens is 1. The number of pyridine rings is 1. The Morgan fingerprint density at radius 1 is 0.962 bits per heavy atom. The normalized spacial score (nSPS) is 18.2. The molecule has 3 heterocycles. The van der Waals surface area contributed by atoms with Crippen molar-refractivity contribution in [1.82, 2.24) is 14.8 Å². The maximum Gasteiger partial charge on any atom is 0.419 e. The Labute approximate surface area is 294 Å². The molecule has 1 amide bonds. The van der Waals surface area contributed by atoms with Crippen molar-refractivity contribution in [3.63, 3.8) is 0 Å². The molecule has 0 radical (unpaired) electrons. The Morgan fingerprint density at radius 3 is 2.31 bits per heavy atom. The van der Waals surface area contributed by atoms with Gasteiger partial charge in [-0.1, -0.05) is 29.8 Å². The van der Waals surface area contributed by atoms with Crippen molar-refractivity contribution in [3.8, 4) is 22.6 Å². The number of benzene rings is 3. The van der Waals surface area contributed by atoms with Gasteiger partial charge in [-0.2, -0.15) is 26.3 Å². The molecule has 6 rings (SSSR count). The number of carboxylic acids is 1. The first-order valence-corrected chi connectivity index (χ1v) is 16.0. The van der Waals surface area contributed by atoms with E-state index in [0.717, 1.165) is 12.3 Å². The lowest BCUT2D eigenvalue weighted by atomic mass is 9.93. The number of likely N-dealkylation sites (tertiary alicyclic amines) is 1. The van der Waals surface area contributed by atoms with E-state index in [1.54, 1.807) is 4.90 Å². The maximum absolute atomic E-state index is 15.9. The summed E-state index contributed by atoms with van der Waals surface area (Å²) in [7, 11) is 0. The largest absolute Gasteiger partial charge is 0.481 e. The van der Waals surface area contributed by atoms with E-state index in [-0.39, 0.29) is 65.3 Å². The first-order chi connectivity index (χ1) is 24.4. The van der Waals surface area contributed by atoms with Crippen molar-refractivity contribution < 1.29 is 54.6 Å². The summed E-state index contributed by atoms with van der Waals surface area (Å²) < 4.78 is 121. The summed E-state index contributed by atoms with van der Waals surface area (Å²) >= 11 is 6.44. The molecule has 2 atom stereocenters. The van der Waals surface area contributed by atoms with Crippen LogP contribution in [-0.2, 0) is 28.4 Å². The first kappa shape index (κ1) is 36.8. The number of carbonyl (C=O) groups excluding carboxylic acids is 1. The Hall–Kier alpha value is -4.96. The van der Waals surface area contributed by atoms with Crippen LogP contribution in [-0.4, -0.2) is 52.3 Å². The molecule has 0 aliphatic carbocycles. The number of amides is 1. The molecular formula is C35H26ClF8N3O5. The van der Waals surface area contributed by atoms with Gasteiger partial charge in [0.25, 0.3) is 5.56 Å². The number of rotatable bonds is 6. The van der Waals surface area contributed by atoms with E-state index in [9.17, 15) is 50.2 Å². The zero-order chi connectivity index (χ0) is 37.7. The van der Waals surface area contributed by atoms with Crippen LogP contribution in [0.1, 0.15) is 46.3 Å². The van der Waals surface area contributed by atoms with Gasteiger partial charge < -0.3 is 15.2 Å². The molecule has 2 aliphatic heterocycles. The lowest BCUT2D eigenvalue weighted by molar-refractivity contribution is -0.140. The second-order valence-corrected chi connectivity index (χ2v) is 12.7. The van der Waals surface area contributed by atoms with Crippen LogP contribution in [0.2, 0.25) is 5.02 Å². The molecule has 1 fully saturated rings. The fourth-order valence-electron chi connectivity index (χ4n) is 6.32. The van der Waals surface area contributed by atoms with Crippen molar-refractivity contribution in [2.24, 2.45) is 0 Å². The number of nitrogens with one attached hydrogen (secondary N) is 1. The maximum atomic E-state index is 15.9. The monoisotopic (exact) mass is 755 g/mol. The minimum absolute atomic E-state index is 0.00800. The molecule has 3 aromatic carbocycles.